The standard InChI is InChI=1S/C22H26N2O3S/c1-16-14-19-15-20(10-11-21(19)24(16)22(25)18-8-5-9-18)28(26,27)23-13-12-17-6-3-2-4-7-17/h2-4,6-7,10-11,15-16,18,23H,5,8-9,12-14H2,1H3/t16-/m0/s1. The van der Waals surface area contributed by atoms with Crippen molar-refractivity contribution in [2.24, 2.45) is 5.92 Å². The number of rotatable bonds is 6. The van der Waals surface area contributed by atoms with E-state index >= 15 is 0 Å². The minimum absolute atomic E-state index is 0.0760. The van der Waals surface area contributed by atoms with Crippen LogP contribution in [0.1, 0.15) is 37.3 Å². The molecule has 1 amide bonds. The van der Waals surface area contributed by atoms with Gasteiger partial charge in [-0.15, -0.1) is 0 Å². The molecule has 0 saturated heterocycles. The van der Waals surface area contributed by atoms with Crippen LogP contribution in [0.2, 0.25) is 0 Å². The molecule has 2 aromatic rings. The van der Waals surface area contributed by atoms with Gasteiger partial charge >= 0.3 is 0 Å². The van der Waals surface area contributed by atoms with Crippen LogP contribution < -0.4 is 9.62 Å². The lowest BCUT2D eigenvalue weighted by Gasteiger charge is -2.32. The van der Waals surface area contributed by atoms with Crippen LogP contribution in [-0.4, -0.2) is 26.9 Å². The summed E-state index contributed by atoms with van der Waals surface area (Å²) in [4.78, 5) is 14.9. The van der Waals surface area contributed by atoms with Crippen molar-refractivity contribution in [3.63, 3.8) is 0 Å². The Morgan fingerprint density at radius 1 is 1.14 bits per heavy atom. The summed E-state index contributed by atoms with van der Waals surface area (Å²) in [7, 11) is -3.57. The maximum Gasteiger partial charge on any atom is 0.240 e. The Morgan fingerprint density at radius 2 is 1.89 bits per heavy atom. The molecule has 6 heteroatoms. The van der Waals surface area contributed by atoms with Gasteiger partial charge in [-0.3, -0.25) is 4.79 Å². The van der Waals surface area contributed by atoms with Crippen LogP contribution in [0, 0.1) is 5.92 Å². The molecule has 5 nitrogen and oxygen atoms in total. The van der Waals surface area contributed by atoms with Crippen molar-refractivity contribution in [1.29, 1.82) is 0 Å². The van der Waals surface area contributed by atoms with E-state index in [4.69, 9.17) is 0 Å². The van der Waals surface area contributed by atoms with E-state index in [1.165, 1.54) is 0 Å². The Morgan fingerprint density at radius 3 is 2.57 bits per heavy atom. The first-order valence-electron chi connectivity index (χ1n) is 9.95. The maximum absolute atomic E-state index is 12.8. The van der Waals surface area contributed by atoms with E-state index in [0.29, 0.717) is 19.4 Å². The molecule has 0 radical (unpaired) electrons. The number of carbonyl (C=O) groups excluding carboxylic acids is 1. The molecule has 0 spiro atoms. The molecule has 1 saturated carbocycles. The van der Waals surface area contributed by atoms with Crippen LogP contribution in [0.25, 0.3) is 0 Å². The predicted molar refractivity (Wildman–Crippen MR) is 110 cm³/mol. The van der Waals surface area contributed by atoms with Crippen molar-refractivity contribution in [2.75, 3.05) is 11.4 Å². The van der Waals surface area contributed by atoms with E-state index in [0.717, 1.165) is 36.1 Å². The van der Waals surface area contributed by atoms with Crippen LogP contribution in [-0.2, 0) is 27.7 Å². The number of fused-ring (bicyclic) bond motifs is 1. The zero-order valence-corrected chi connectivity index (χ0v) is 16.9. The molecule has 0 bridgehead atoms. The van der Waals surface area contributed by atoms with Gasteiger partial charge in [0.25, 0.3) is 0 Å². The number of nitrogens with one attached hydrogen (secondary N) is 1. The van der Waals surface area contributed by atoms with Gasteiger partial charge in [-0.1, -0.05) is 36.8 Å². The van der Waals surface area contributed by atoms with Gasteiger partial charge in [0.1, 0.15) is 0 Å². The Bertz CT molecular complexity index is 969. The summed E-state index contributed by atoms with van der Waals surface area (Å²) in [6.07, 6.45) is 4.40. The Hall–Kier alpha value is -2.18. The normalized spacial score (nSPS) is 19.3. The number of amides is 1. The lowest BCUT2D eigenvalue weighted by Crippen LogP contribution is -2.42. The highest BCUT2D eigenvalue weighted by Gasteiger charge is 2.37. The minimum atomic E-state index is -3.57. The lowest BCUT2D eigenvalue weighted by atomic mass is 9.84. The monoisotopic (exact) mass is 398 g/mol. The number of anilines is 1. The van der Waals surface area contributed by atoms with Gasteiger partial charge in [-0.2, -0.15) is 0 Å². The lowest BCUT2D eigenvalue weighted by molar-refractivity contribution is -0.125. The Kier molecular flexibility index (Phi) is 5.25. The summed E-state index contributed by atoms with van der Waals surface area (Å²) in [5.41, 5.74) is 2.90. The topological polar surface area (TPSA) is 66.5 Å². The zero-order chi connectivity index (χ0) is 19.7. The van der Waals surface area contributed by atoms with Crippen LogP contribution in [0.4, 0.5) is 5.69 Å². The first-order valence-corrected chi connectivity index (χ1v) is 11.4. The third-order valence-corrected chi connectivity index (χ3v) is 7.28. The third kappa shape index (κ3) is 3.71. The summed E-state index contributed by atoms with van der Waals surface area (Å²) < 4.78 is 28.1. The molecular weight excluding hydrogens is 372 g/mol. The average Bonchev–Trinajstić information content (AvgIpc) is 2.95. The highest BCUT2D eigenvalue weighted by molar-refractivity contribution is 7.89. The molecule has 28 heavy (non-hydrogen) atoms. The molecule has 0 unspecified atom stereocenters. The zero-order valence-electron chi connectivity index (χ0n) is 16.1. The van der Waals surface area contributed by atoms with Gasteiger partial charge in [0.2, 0.25) is 15.9 Å². The summed E-state index contributed by atoms with van der Waals surface area (Å²) in [6.45, 7) is 2.38. The molecule has 148 valence electrons. The van der Waals surface area contributed by atoms with E-state index in [2.05, 4.69) is 4.72 Å². The smallest absolute Gasteiger partial charge is 0.240 e. The van der Waals surface area contributed by atoms with E-state index in [-0.39, 0.29) is 22.8 Å². The van der Waals surface area contributed by atoms with Gasteiger partial charge < -0.3 is 4.90 Å². The molecule has 1 N–H and O–H groups in total. The molecular formula is C22H26N2O3S. The minimum Gasteiger partial charge on any atom is -0.309 e. The van der Waals surface area contributed by atoms with Gasteiger partial charge in [-0.25, -0.2) is 13.1 Å². The second kappa shape index (κ2) is 7.68. The number of carbonyl (C=O) groups is 1. The Balaban J connectivity index is 1.47. The summed E-state index contributed by atoms with van der Waals surface area (Å²) in [6, 6.07) is 15.0. The highest BCUT2D eigenvalue weighted by atomic mass is 32.2. The van der Waals surface area contributed by atoms with Gasteiger partial charge in [0, 0.05) is 24.2 Å². The van der Waals surface area contributed by atoms with Crippen LogP contribution in [0.5, 0.6) is 0 Å². The largest absolute Gasteiger partial charge is 0.309 e. The Labute approximate surface area is 166 Å². The molecule has 1 fully saturated rings. The number of benzene rings is 2. The highest BCUT2D eigenvalue weighted by Crippen LogP contribution is 2.38. The van der Waals surface area contributed by atoms with Crippen molar-refractivity contribution in [3.8, 4) is 0 Å². The van der Waals surface area contributed by atoms with Gasteiger partial charge in [-0.05, 0) is 61.9 Å². The van der Waals surface area contributed by atoms with E-state index < -0.39 is 10.0 Å². The number of sulfonamides is 1. The second-order valence-corrected chi connectivity index (χ2v) is 9.58. The fourth-order valence-corrected chi connectivity index (χ4v) is 5.10. The maximum atomic E-state index is 12.8. The molecule has 2 aliphatic rings. The molecule has 1 aliphatic carbocycles. The van der Waals surface area contributed by atoms with Crippen molar-refractivity contribution in [2.45, 2.75) is 50.0 Å². The summed E-state index contributed by atoms with van der Waals surface area (Å²) >= 11 is 0. The summed E-state index contributed by atoms with van der Waals surface area (Å²) in [5.74, 6) is 0.325. The van der Waals surface area contributed by atoms with Crippen LogP contribution in [0.3, 0.4) is 0 Å². The van der Waals surface area contributed by atoms with Gasteiger partial charge in [0.05, 0.1) is 4.90 Å². The number of hydrogen-bond acceptors (Lipinski definition) is 3. The van der Waals surface area contributed by atoms with Crippen molar-refractivity contribution in [3.05, 3.63) is 59.7 Å². The SMILES string of the molecule is C[C@H]1Cc2cc(S(=O)(=O)NCCc3ccccc3)ccc2N1C(=O)C1CCC1. The van der Waals surface area contributed by atoms with Crippen molar-refractivity contribution in [1.82, 2.24) is 4.72 Å². The van der Waals surface area contributed by atoms with Crippen LogP contribution in [0.15, 0.2) is 53.4 Å². The van der Waals surface area contributed by atoms with E-state index in [1.807, 2.05) is 42.2 Å². The number of nitrogens with zero attached hydrogens (tertiary/aromatic N) is 1. The molecule has 2 aromatic carbocycles. The fraction of sp³-hybridized carbons (Fsp3) is 0.409. The van der Waals surface area contributed by atoms with Gasteiger partial charge in [0.15, 0.2) is 0 Å². The third-order valence-electron chi connectivity index (χ3n) is 5.82. The molecule has 4 rings (SSSR count). The molecule has 1 heterocycles. The van der Waals surface area contributed by atoms with Crippen molar-refractivity contribution < 1.29 is 13.2 Å². The quantitative estimate of drug-likeness (QED) is 0.812. The number of hydrogen-bond donors (Lipinski definition) is 1. The fourth-order valence-electron chi connectivity index (χ4n) is 4.02. The van der Waals surface area contributed by atoms with Crippen LogP contribution >= 0.6 is 0 Å². The second-order valence-electron chi connectivity index (χ2n) is 7.81. The summed E-state index contributed by atoms with van der Waals surface area (Å²) in [5, 5.41) is 0. The predicted octanol–water partition coefficient (Wildman–Crippen LogP) is 3.29. The molecule has 0 aromatic heterocycles. The van der Waals surface area contributed by atoms with Crippen molar-refractivity contribution >= 4 is 21.6 Å². The average molecular weight is 399 g/mol. The van der Waals surface area contributed by atoms with E-state index in [9.17, 15) is 13.2 Å². The molecule has 1 atom stereocenters. The first-order chi connectivity index (χ1) is 13.5. The molecule has 1 aliphatic heterocycles. The first kappa shape index (κ1) is 19.2. The van der Waals surface area contributed by atoms with E-state index in [1.54, 1.807) is 18.2 Å².